The second-order valence-corrected chi connectivity index (χ2v) is 5.60. The van der Waals surface area contributed by atoms with E-state index < -0.39 is 23.3 Å². The Morgan fingerprint density at radius 3 is 2.27 bits per heavy atom. The SMILES string of the molecule is CN(Cc1ccc(F)cc1OC(F)(F)F)CC(C)(CO)CO. The Morgan fingerprint density at radius 1 is 1.18 bits per heavy atom. The van der Waals surface area contributed by atoms with Crippen molar-refractivity contribution >= 4 is 0 Å². The van der Waals surface area contributed by atoms with Gasteiger partial charge in [-0.1, -0.05) is 13.0 Å². The fraction of sp³-hybridized carbons (Fsp3) is 0.571. The number of nitrogens with zero attached hydrogens (tertiary/aromatic N) is 1. The lowest BCUT2D eigenvalue weighted by atomic mass is 9.92. The number of aliphatic hydroxyl groups is 2. The zero-order chi connectivity index (χ0) is 17.0. The highest BCUT2D eigenvalue weighted by Crippen LogP contribution is 2.28. The quantitative estimate of drug-likeness (QED) is 0.754. The molecule has 126 valence electrons. The van der Waals surface area contributed by atoms with Crippen LogP contribution in [0.5, 0.6) is 5.75 Å². The molecule has 0 aliphatic carbocycles. The molecule has 1 aromatic carbocycles. The summed E-state index contributed by atoms with van der Waals surface area (Å²) in [5, 5.41) is 18.5. The van der Waals surface area contributed by atoms with Gasteiger partial charge in [-0.15, -0.1) is 13.2 Å². The topological polar surface area (TPSA) is 52.9 Å². The Bertz CT molecular complexity index is 489. The average Bonchev–Trinajstić information content (AvgIpc) is 2.40. The second kappa shape index (κ2) is 7.26. The van der Waals surface area contributed by atoms with Crippen molar-refractivity contribution in [3.05, 3.63) is 29.6 Å². The van der Waals surface area contributed by atoms with Crippen molar-refractivity contribution in [2.24, 2.45) is 5.41 Å². The number of aliphatic hydroxyl groups excluding tert-OH is 2. The Kier molecular flexibility index (Phi) is 6.16. The van der Waals surface area contributed by atoms with Gasteiger partial charge in [0.15, 0.2) is 0 Å². The molecule has 0 fully saturated rings. The van der Waals surface area contributed by atoms with Gasteiger partial charge >= 0.3 is 6.36 Å². The number of alkyl halides is 3. The smallest absolute Gasteiger partial charge is 0.405 e. The number of halogens is 4. The highest BCUT2D eigenvalue weighted by molar-refractivity contribution is 5.34. The van der Waals surface area contributed by atoms with Crippen LogP contribution in [0.3, 0.4) is 0 Å². The van der Waals surface area contributed by atoms with Crippen molar-refractivity contribution < 1.29 is 32.5 Å². The van der Waals surface area contributed by atoms with E-state index in [9.17, 15) is 27.8 Å². The Morgan fingerprint density at radius 2 is 1.77 bits per heavy atom. The van der Waals surface area contributed by atoms with E-state index in [1.165, 1.54) is 6.07 Å². The first-order chi connectivity index (χ1) is 10.1. The predicted octanol–water partition coefficient (Wildman–Crippen LogP) is 2.15. The molecule has 0 saturated carbocycles. The van der Waals surface area contributed by atoms with Crippen molar-refractivity contribution in [3.63, 3.8) is 0 Å². The average molecular weight is 325 g/mol. The molecule has 8 heteroatoms. The minimum absolute atomic E-state index is 0.0429. The van der Waals surface area contributed by atoms with Gasteiger partial charge in [0.05, 0.1) is 13.2 Å². The molecule has 0 heterocycles. The third kappa shape index (κ3) is 5.78. The summed E-state index contributed by atoms with van der Waals surface area (Å²) in [6.45, 7) is 1.37. The number of rotatable bonds is 7. The Hall–Kier alpha value is -1.38. The molecule has 1 aromatic rings. The molecular formula is C14H19F4NO3. The maximum atomic E-state index is 13.1. The van der Waals surface area contributed by atoms with Gasteiger partial charge in [0.2, 0.25) is 0 Å². The summed E-state index contributed by atoms with van der Waals surface area (Å²) >= 11 is 0. The normalized spacial score (nSPS) is 12.8. The monoisotopic (exact) mass is 325 g/mol. The van der Waals surface area contributed by atoms with Crippen molar-refractivity contribution in [3.8, 4) is 5.75 Å². The fourth-order valence-electron chi connectivity index (χ4n) is 2.03. The molecule has 0 saturated heterocycles. The van der Waals surface area contributed by atoms with Crippen molar-refractivity contribution in [2.75, 3.05) is 26.8 Å². The van der Waals surface area contributed by atoms with Crippen LogP contribution >= 0.6 is 0 Å². The molecule has 0 aliphatic rings. The lowest BCUT2D eigenvalue weighted by Crippen LogP contribution is -2.38. The summed E-state index contributed by atoms with van der Waals surface area (Å²) < 4.78 is 54.0. The van der Waals surface area contributed by atoms with Crippen LogP contribution in [-0.2, 0) is 6.54 Å². The zero-order valence-corrected chi connectivity index (χ0v) is 12.3. The molecule has 0 atom stereocenters. The number of benzene rings is 1. The third-order valence-electron chi connectivity index (χ3n) is 3.11. The summed E-state index contributed by atoms with van der Waals surface area (Å²) in [4.78, 5) is 1.61. The second-order valence-electron chi connectivity index (χ2n) is 5.60. The van der Waals surface area contributed by atoms with Crippen LogP contribution < -0.4 is 4.74 Å². The standard InChI is InChI=1S/C14H19F4NO3/c1-13(8-20,9-21)7-19(2)6-10-3-4-11(15)5-12(10)22-14(16,17)18/h3-5,20-21H,6-9H2,1-2H3. The summed E-state index contributed by atoms with van der Waals surface area (Å²) in [7, 11) is 1.62. The third-order valence-corrected chi connectivity index (χ3v) is 3.11. The van der Waals surface area contributed by atoms with E-state index in [1.807, 2.05) is 0 Å². The van der Waals surface area contributed by atoms with Crippen LogP contribution in [0, 0.1) is 11.2 Å². The molecule has 1 rings (SSSR count). The molecule has 0 aliphatic heterocycles. The predicted molar refractivity (Wildman–Crippen MR) is 71.7 cm³/mol. The molecule has 0 aromatic heterocycles. The van der Waals surface area contributed by atoms with Crippen LogP contribution in [0.2, 0.25) is 0 Å². The maximum absolute atomic E-state index is 13.1. The number of ether oxygens (including phenoxy) is 1. The fourth-order valence-corrected chi connectivity index (χ4v) is 2.03. The Labute approximate surface area is 125 Å². The minimum Gasteiger partial charge on any atom is -0.405 e. The lowest BCUT2D eigenvalue weighted by Gasteiger charge is -2.30. The lowest BCUT2D eigenvalue weighted by molar-refractivity contribution is -0.275. The van der Waals surface area contributed by atoms with E-state index >= 15 is 0 Å². The van der Waals surface area contributed by atoms with E-state index in [-0.39, 0.29) is 31.9 Å². The van der Waals surface area contributed by atoms with Gasteiger partial charge in [-0.2, -0.15) is 0 Å². The molecule has 22 heavy (non-hydrogen) atoms. The van der Waals surface area contributed by atoms with Gasteiger partial charge in [0, 0.05) is 30.1 Å². The van der Waals surface area contributed by atoms with Crippen LogP contribution in [0.15, 0.2) is 18.2 Å². The van der Waals surface area contributed by atoms with E-state index in [0.29, 0.717) is 6.07 Å². The summed E-state index contributed by atoms with van der Waals surface area (Å²) in [5.41, 5.74) is -0.640. The first-order valence-corrected chi connectivity index (χ1v) is 6.53. The van der Waals surface area contributed by atoms with Crippen molar-refractivity contribution in [2.45, 2.75) is 19.8 Å². The molecule has 0 radical (unpaired) electrons. The first-order valence-electron chi connectivity index (χ1n) is 6.53. The van der Waals surface area contributed by atoms with E-state index in [2.05, 4.69) is 4.74 Å². The molecule has 0 bridgehead atoms. The van der Waals surface area contributed by atoms with Crippen LogP contribution in [-0.4, -0.2) is 48.3 Å². The van der Waals surface area contributed by atoms with Crippen molar-refractivity contribution in [1.82, 2.24) is 4.90 Å². The molecular weight excluding hydrogens is 306 g/mol. The number of hydrogen-bond acceptors (Lipinski definition) is 4. The highest BCUT2D eigenvalue weighted by Gasteiger charge is 2.32. The summed E-state index contributed by atoms with van der Waals surface area (Å²) in [5.74, 6) is -1.43. The van der Waals surface area contributed by atoms with Gasteiger partial charge in [0.25, 0.3) is 0 Å². The minimum atomic E-state index is -4.91. The van der Waals surface area contributed by atoms with Crippen molar-refractivity contribution in [1.29, 1.82) is 0 Å². The van der Waals surface area contributed by atoms with E-state index in [1.54, 1.807) is 18.9 Å². The number of hydrogen-bond donors (Lipinski definition) is 2. The van der Waals surface area contributed by atoms with Crippen LogP contribution in [0.4, 0.5) is 17.6 Å². The summed E-state index contributed by atoms with van der Waals surface area (Å²) in [6, 6.07) is 2.93. The van der Waals surface area contributed by atoms with Crippen LogP contribution in [0.1, 0.15) is 12.5 Å². The Balaban J connectivity index is 2.88. The summed E-state index contributed by atoms with van der Waals surface area (Å²) in [6.07, 6.45) is -4.91. The van der Waals surface area contributed by atoms with E-state index in [0.717, 1.165) is 6.07 Å². The van der Waals surface area contributed by atoms with Gasteiger partial charge in [-0.3, -0.25) is 0 Å². The van der Waals surface area contributed by atoms with Gasteiger partial charge in [-0.25, -0.2) is 4.39 Å². The van der Waals surface area contributed by atoms with Gasteiger partial charge < -0.3 is 19.8 Å². The first kappa shape index (κ1) is 18.7. The molecule has 4 nitrogen and oxygen atoms in total. The molecule has 2 N–H and O–H groups in total. The largest absolute Gasteiger partial charge is 0.573 e. The zero-order valence-electron chi connectivity index (χ0n) is 12.3. The molecule has 0 spiro atoms. The molecule has 0 unspecified atom stereocenters. The van der Waals surface area contributed by atoms with Crippen LogP contribution in [0.25, 0.3) is 0 Å². The maximum Gasteiger partial charge on any atom is 0.573 e. The van der Waals surface area contributed by atoms with Gasteiger partial charge in [-0.05, 0) is 13.1 Å². The highest BCUT2D eigenvalue weighted by atomic mass is 19.4. The van der Waals surface area contributed by atoms with E-state index in [4.69, 9.17) is 0 Å². The van der Waals surface area contributed by atoms with Gasteiger partial charge in [0.1, 0.15) is 11.6 Å². The molecule has 0 amide bonds.